The largest absolute Gasteiger partial charge is 0.478 e. The molecule has 2 aromatic rings. The smallest absolute Gasteiger partial charge is 0.352 e. The van der Waals surface area contributed by atoms with Crippen molar-refractivity contribution >= 4 is 63.7 Å². The van der Waals surface area contributed by atoms with Crippen molar-refractivity contribution < 1.29 is 38.9 Å². The Balaban J connectivity index is 1.57. The van der Waals surface area contributed by atoms with E-state index in [9.17, 15) is 29.4 Å². The number of carbonyl (C=O) groups is 4. The van der Waals surface area contributed by atoms with Crippen LogP contribution < -0.4 is 21.5 Å². The van der Waals surface area contributed by atoms with Gasteiger partial charge in [-0.25, -0.2) is 9.59 Å². The number of amides is 2. The standard InChI is InChI=1S/C21H25N9O7S2/c1-8-5-29(28(4)13(8)22)6-9-7-38-17-11(16(32)30(17)12(9)18(33)34)24-15(31)10(14-25-20(23)39-27-14)26-37-21(2,3)19(35)36/h5,11,17,22H,6-7H2,1-4H3,(H5,23,24,25,27,31,33,34,35,36)/p+1/t11-,17-/m1/s1. The third-order valence-electron chi connectivity index (χ3n) is 6.12. The fraction of sp³-hybridized carbons (Fsp3) is 0.429. The third-order valence-corrected chi connectivity index (χ3v) is 8.00. The van der Waals surface area contributed by atoms with Crippen LogP contribution in [0.4, 0.5) is 10.9 Å². The summed E-state index contributed by atoms with van der Waals surface area (Å²) in [5, 5.41) is 24.7. The van der Waals surface area contributed by atoms with Gasteiger partial charge in [0.15, 0.2) is 17.5 Å². The zero-order valence-electron chi connectivity index (χ0n) is 21.2. The highest BCUT2D eigenvalue weighted by Crippen LogP contribution is 2.40. The maximum atomic E-state index is 13.1. The van der Waals surface area contributed by atoms with E-state index < -0.39 is 46.5 Å². The Morgan fingerprint density at radius 3 is 2.56 bits per heavy atom. The number of carboxylic acids is 2. The quantitative estimate of drug-likeness (QED) is 0.100. The first kappa shape index (κ1) is 27.8. The molecule has 1 fully saturated rings. The van der Waals surface area contributed by atoms with E-state index in [4.69, 9.17) is 16.3 Å². The fourth-order valence-corrected chi connectivity index (χ4v) is 5.62. The number of β-lactam (4-membered cyclic amide) rings is 1. The number of carboxylic acid groups (broad SMARTS) is 2. The maximum absolute atomic E-state index is 13.1. The molecule has 0 unspecified atom stereocenters. The van der Waals surface area contributed by atoms with E-state index in [0.29, 0.717) is 11.4 Å². The number of nitrogens with zero attached hydrogens (tertiary/aromatic N) is 6. The predicted octanol–water partition coefficient (Wildman–Crippen LogP) is -1.34. The van der Waals surface area contributed by atoms with Crippen molar-refractivity contribution in [3.8, 4) is 0 Å². The van der Waals surface area contributed by atoms with Crippen LogP contribution >= 0.6 is 23.3 Å². The minimum absolute atomic E-state index is 0.0218. The van der Waals surface area contributed by atoms with Crippen molar-refractivity contribution in [3.63, 3.8) is 0 Å². The van der Waals surface area contributed by atoms with Crippen molar-refractivity contribution in [2.45, 2.75) is 44.3 Å². The third kappa shape index (κ3) is 5.11. The normalized spacial score (nSPS) is 19.4. The molecular formula is C21H26N9O7S2+. The second kappa shape index (κ2) is 10.2. The Morgan fingerprint density at radius 1 is 1.33 bits per heavy atom. The molecule has 7 N–H and O–H groups in total. The fourth-order valence-electron chi connectivity index (χ4n) is 3.85. The molecule has 16 nitrogen and oxygen atoms in total. The highest BCUT2D eigenvalue weighted by Gasteiger charge is 2.55. The van der Waals surface area contributed by atoms with Crippen molar-refractivity contribution in [2.24, 2.45) is 12.2 Å². The molecule has 2 amide bonds. The van der Waals surface area contributed by atoms with Crippen LogP contribution in [-0.4, -0.2) is 81.4 Å². The number of oxime groups is 1. The number of thioether (sulfide) groups is 1. The summed E-state index contributed by atoms with van der Waals surface area (Å²) in [5.41, 5.74) is 10.5. The number of anilines is 2. The molecular weight excluding hydrogens is 554 g/mol. The molecule has 4 rings (SSSR count). The van der Waals surface area contributed by atoms with Gasteiger partial charge in [-0.15, -0.1) is 21.1 Å². The first-order valence-electron chi connectivity index (χ1n) is 11.3. The molecule has 18 heteroatoms. The number of nitrogen functional groups attached to an aromatic ring is 2. The van der Waals surface area contributed by atoms with Gasteiger partial charge in [0.2, 0.25) is 23.3 Å². The van der Waals surface area contributed by atoms with Crippen molar-refractivity contribution in [2.75, 3.05) is 17.2 Å². The summed E-state index contributed by atoms with van der Waals surface area (Å²) in [4.78, 5) is 59.9. The Morgan fingerprint density at radius 2 is 2.03 bits per heavy atom. The number of aliphatic carboxylic acids is 2. The SMILES string of the molecule is Cc1c[n+](CC2=C(C(=O)O)N3C(=O)[C@@H](NC(=O)C(=NOC(C)(C)C(=O)O)c4nsc(N)n4)[C@H]3SC2)n(C)c1N. The minimum Gasteiger partial charge on any atom is -0.478 e. The molecule has 208 valence electrons. The lowest BCUT2D eigenvalue weighted by atomic mass is 10.0. The van der Waals surface area contributed by atoms with Gasteiger partial charge in [-0.05, 0) is 20.8 Å². The summed E-state index contributed by atoms with van der Waals surface area (Å²) in [7, 11) is 1.74. The molecule has 2 aromatic heterocycles. The monoisotopic (exact) mass is 580 g/mol. The van der Waals surface area contributed by atoms with Crippen molar-refractivity contribution in [1.82, 2.24) is 24.3 Å². The zero-order chi connectivity index (χ0) is 28.8. The average molecular weight is 581 g/mol. The van der Waals surface area contributed by atoms with Gasteiger partial charge < -0.3 is 31.8 Å². The summed E-state index contributed by atoms with van der Waals surface area (Å²) < 4.78 is 7.36. The Kier molecular flexibility index (Phi) is 7.26. The molecule has 2 aliphatic heterocycles. The van der Waals surface area contributed by atoms with Gasteiger partial charge in [0.1, 0.15) is 17.1 Å². The van der Waals surface area contributed by atoms with E-state index in [2.05, 4.69) is 19.8 Å². The molecule has 0 radical (unpaired) electrons. The molecule has 0 aliphatic carbocycles. The summed E-state index contributed by atoms with van der Waals surface area (Å²) in [6.07, 6.45) is 1.79. The molecule has 1 saturated heterocycles. The van der Waals surface area contributed by atoms with Gasteiger partial charge in [-0.2, -0.15) is 9.36 Å². The van der Waals surface area contributed by atoms with Crippen LogP contribution in [0, 0.1) is 6.92 Å². The summed E-state index contributed by atoms with van der Waals surface area (Å²) >= 11 is 2.06. The van der Waals surface area contributed by atoms with E-state index in [1.165, 1.54) is 25.6 Å². The number of rotatable bonds is 9. The lowest BCUT2D eigenvalue weighted by Gasteiger charge is -2.49. The Bertz CT molecular complexity index is 1440. The molecule has 2 aliphatic rings. The van der Waals surface area contributed by atoms with Gasteiger partial charge in [0.25, 0.3) is 11.8 Å². The number of carbonyl (C=O) groups excluding carboxylic acids is 2. The molecule has 2 atom stereocenters. The van der Waals surface area contributed by atoms with E-state index in [0.717, 1.165) is 22.0 Å². The Labute approximate surface area is 229 Å². The molecule has 4 heterocycles. The van der Waals surface area contributed by atoms with Crippen LogP contribution in [0.1, 0.15) is 25.2 Å². The van der Waals surface area contributed by atoms with Crippen molar-refractivity contribution in [3.05, 3.63) is 28.9 Å². The van der Waals surface area contributed by atoms with Crippen LogP contribution in [0.3, 0.4) is 0 Å². The summed E-state index contributed by atoms with van der Waals surface area (Å²) in [5.74, 6) is -3.60. The predicted molar refractivity (Wildman–Crippen MR) is 138 cm³/mol. The van der Waals surface area contributed by atoms with E-state index in [1.807, 2.05) is 6.92 Å². The number of hydrogen-bond acceptors (Lipinski definition) is 12. The van der Waals surface area contributed by atoms with Crippen LogP contribution in [0.2, 0.25) is 0 Å². The van der Waals surface area contributed by atoms with Gasteiger partial charge in [0.05, 0.1) is 12.6 Å². The van der Waals surface area contributed by atoms with E-state index in [1.54, 1.807) is 22.6 Å². The summed E-state index contributed by atoms with van der Waals surface area (Å²) in [6.45, 7) is 4.48. The van der Waals surface area contributed by atoms with E-state index >= 15 is 0 Å². The molecule has 0 aromatic carbocycles. The number of aryl methyl sites for hydroxylation is 1. The highest BCUT2D eigenvalue weighted by atomic mass is 32.2. The van der Waals surface area contributed by atoms with Gasteiger partial charge >= 0.3 is 11.9 Å². The van der Waals surface area contributed by atoms with Crippen molar-refractivity contribution in [1.29, 1.82) is 0 Å². The molecule has 39 heavy (non-hydrogen) atoms. The zero-order valence-corrected chi connectivity index (χ0v) is 22.9. The van der Waals surface area contributed by atoms with Crippen LogP contribution in [0.5, 0.6) is 0 Å². The second-order valence-corrected chi connectivity index (χ2v) is 11.1. The highest BCUT2D eigenvalue weighted by molar-refractivity contribution is 8.00. The number of nitrogens with two attached hydrogens (primary N) is 2. The molecule has 0 saturated carbocycles. The van der Waals surface area contributed by atoms with Gasteiger partial charge in [0, 0.05) is 22.9 Å². The molecule has 0 bridgehead atoms. The van der Waals surface area contributed by atoms with E-state index in [-0.39, 0.29) is 29.0 Å². The lowest BCUT2D eigenvalue weighted by Crippen LogP contribution is -2.71. The van der Waals surface area contributed by atoms with Gasteiger partial charge in [-0.3, -0.25) is 14.5 Å². The first-order chi connectivity index (χ1) is 18.2. The number of hydrogen-bond donors (Lipinski definition) is 5. The minimum atomic E-state index is -1.79. The Hall–Kier alpha value is -4.19. The average Bonchev–Trinajstić information content (AvgIpc) is 3.40. The summed E-state index contributed by atoms with van der Waals surface area (Å²) in [6, 6.07) is -1.09. The second-order valence-electron chi connectivity index (χ2n) is 9.24. The maximum Gasteiger partial charge on any atom is 0.352 e. The van der Waals surface area contributed by atoms with Gasteiger partial charge in [-0.1, -0.05) is 5.16 Å². The number of aromatic nitrogens is 4. The van der Waals surface area contributed by atoms with Crippen LogP contribution in [-0.2, 0) is 37.6 Å². The first-order valence-corrected chi connectivity index (χ1v) is 13.2. The lowest BCUT2D eigenvalue weighted by molar-refractivity contribution is -0.765. The topological polar surface area (TPSA) is 232 Å². The van der Waals surface area contributed by atoms with Crippen LogP contribution in [0.25, 0.3) is 0 Å². The number of fused-ring (bicyclic) bond motifs is 1. The number of nitrogens with one attached hydrogen (secondary N) is 1. The van der Waals surface area contributed by atoms with Crippen LogP contribution in [0.15, 0.2) is 22.6 Å². The molecule has 0 spiro atoms.